The molecule has 1 aromatic heterocycles. The number of nitrogens with zero attached hydrogens (tertiary/aromatic N) is 2. The average molecular weight is 705 g/mol. The van der Waals surface area contributed by atoms with E-state index in [9.17, 15) is 9.90 Å². The number of hydrogen-bond donors (Lipinski definition) is 2. The molecule has 0 saturated carbocycles. The lowest BCUT2D eigenvalue weighted by molar-refractivity contribution is -0.966. The number of nitrogens with one attached hydrogen (secondary N) is 1. The van der Waals surface area contributed by atoms with Crippen molar-refractivity contribution in [3.05, 3.63) is 156 Å². The Balaban J connectivity index is 0.00000401. The van der Waals surface area contributed by atoms with Gasteiger partial charge in [0.05, 0.1) is 25.7 Å². The van der Waals surface area contributed by atoms with Gasteiger partial charge in [-0.05, 0) is 52.4 Å². The van der Waals surface area contributed by atoms with Gasteiger partial charge in [0.1, 0.15) is 23.4 Å². The van der Waals surface area contributed by atoms with Gasteiger partial charge >= 0.3 is 0 Å². The molecule has 3 saturated heterocycles. The van der Waals surface area contributed by atoms with Gasteiger partial charge in [-0.2, -0.15) is 0 Å². The first-order valence-corrected chi connectivity index (χ1v) is 16.5. The Morgan fingerprint density at radius 3 is 2.15 bits per heavy atom. The summed E-state index contributed by atoms with van der Waals surface area (Å²) >= 11 is 0. The van der Waals surface area contributed by atoms with E-state index in [4.69, 9.17) is 4.74 Å². The first-order chi connectivity index (χ1) is 23.0. The van der Waals surface area contributed by atoms with Gasteiger partial charge in [0.25, 0.3) is 5.91 Å². The maximum Gasteiger partial charge on any atom is 0.276 e. The fourth-order valence-corrected chi connectivity index (χ4v) is 8.44. The van der Waals surface area contributed by atoms with Crippen LogP contribution < -0.4 is 27.0 Å². The van der Waals surface area contributed by atoms with Crippen LogP contribution >= 0.6 is 0 Å². The Morgan fingerprint density at radius 1 is 0.979 bits per heavy atom. The molecule has 6 nitrogen and oxygen atoms in total. The molecule has 0 aliphatic carbocycles. The number of aromatic nitrogens is 1. The third kappa shape index (κ3) is 5.96. The van der Waals surface area contributed by atoms with Gasteiger partial charge in [0.2, 0.25) is 0 Å². The predicted octanol–water partition coefficient (Wildman–Crippen LogP) is 3.80. The lowest BCUT2D eigenvalue weighted by atomic mass is 9.71. The number of aliphatic hydroxyl groups excluding tert-OH is 1. The molecule has 246 valence electrons. The number of benzene rings is 4. The molecule has 4 heterocycles. The summed E-state index contributed by atoms with van der Waals surface area (Å²) in [6.07, 6.45) is 4.86. The number of carbonyl (C=O) groups is 1. The van der Waals surface area contributed by atoms with E-state index in [1.54, 1.807) is 13.3 Å². The second-order valence-corrected chi connectivity index (χ2v) is 13.2. The van der Waals surface area contributed by atoms with Crippen molar-refractivity contribution in [2.75, 3.05) is 26.7 Å². The third-order valence-corrected chi connectivity index (χ3v) is 10.7. The summed E-state index contributed by atoms with van der Waals surface area (Å²) < 4.78 is 6.03. The Bertz CT molecular complexity index is 1770. The van der Waals surface area contributed by atoms with E-state index >= 15 is 0 Å². The van der Waals surface area contributed by atoms with Crippen molar-refractivity contribution >= 4 is 16.8 Å². The fourth-order valence-electron chi connectivity index (χ4n) is 8.44. The van der Waals surface area contributed by atoms with E-state index in [2.05, 4.69) is 59.4 Å². The molecule has 0 spiro atoms. The van der Waals surface area contributed by atoms with Crippen LogP contribution in [0.3, 0.4) is 0 Å². The van der Waals surface area contributed by atoms with Crippen LogP contribution in [-0.4, -0.2) is 53.3 Å². The van der Waals surface area contributed by atoms with E-state index in [0.717, 1.165) is 64.8 Å². The molecule has 0 radical (unpaired) electrons. The lowest BCUT2D eigenvalue weighted by Crippen LogP contribution is -3.00. The number of halogens is 1. The first kappa shape index (κ1) is 33.6. The van der Waals surface area contributed by atoms with Crippen LogP contribution in [0.4, 0.5) is 0 Å². The number of hydrogen-bond acceptors (Lipinski definition) is 4. The van der Waals surface area contributed by atoms with Crippen LogP contribution in [-0.2, 0) is 10.3 Å². The molecular weight excluding hydrogens is 662 g/mol. The van der Waals surface area contributed by atoms with Crippen LogP contribution in [0.1, 0.15) is 41.2 Å². The highest BCUT2D eigenvalue weighted by atomic mass is 79.9. The highest BCUT2D eigenvalue weighted by Gasteiger charge is 2.55. The Kier molecular flexibility index (Phi) is 9.83. The summed E-state index contributed by atoms with van der Waals surface area (Å²) in [5.41, 5.74) is 3.69. The number of fused-ring (bicyclic) bond motifs is 4. The summed E-state index contributed by atoms with van der Waals surface area (Å²) in [4.78, 5) is 19.3. The normalized spacial score (nSPS) is 22.3. The number of pyridine rings is 1. The Hall–Kier alpha value is -4.30. The van der Waals surface area contributed by atoms with E-state index in [0.29, 0.717) is 10.4 Å². The van der Waals surface area contributed by atoms with Gasteiger partial charge in [-0.15, -0.1) is 6.58 Å². The lowest BCUT2D eigenvalue weighted by Gasteiger charge is -2.57. The number of methoxy groups -OCH3 is 1. The number of aliphatic hydroxyl groups is 1. The van der Waals surface area contributed by atoms with E-state index < -0.39 is 11.6 Å². The van der Waals surface area contributed by atoms with Gasteiger partial charge in [-0.25, -0.2) is 0 Å². The molecule has 5 atom stereocenters. The van der Waals surface area contributed by atoms with Crippen molar-refractivity contribution in [3.8, 4) is 5.75 Å². The molecule has 48 heavy (non-hydrogen) atoms. The maximum absolute atomic E-state index is 14.8. The summed E-state index contributed by atoms with van der Waals surface area (Å²) in [6, 6.07) is 38.2. The van der Waals surface area contributed by atoms with Crippen molar-refractivity contribution < 1.29 is 36.1 Å². The van der Waals surface area contributed by atoms with Crippen molar-refractivity contribution in [3.63, 3.8) is 0 Å². The molecule has 0 unspecified atom stereocenters. The van der Waals surface area contributed by atoms with Crippen molar-refractivity contribution in [2.45, 2.75) is 30.5 Å². The van der Waals surface area contributed by atoms with Crippen LogP contribution in [0.15, 0.2) is 134 Å². The molecule has 7 heteroatoms. The molecular formula is C41H42BrN3O3. The summed E-state index contributed by atoms with van der Waals surface area (Å²) in [5.74, 6) is 1.38. The number of piperidine rings is 3. The molecule has 8 rings (SSSR count). The summed E-state index contributed by atoms with van der Waals surface area (Å²) in [5, 5.41) is 16.8. The largest absolute Gasteiger partial charge is 1.00 e. The first-order valence-electron chi connectivity index (χ1n) is 16.5. The second kappa shape index (κ2) is 14.0. The molecule has 5 aromatic rings. The minimum absolute atomic E-state index is 0. The zero-order chi connectivity index (χ0) is 32.4. The Morgan fingerprint density at radius 2 is 1.58 bits per heavy atom. The SMILES string of the molecule is C=C[C@H]1C[N@+]2(CC(=O)NC(c3ccccc3)(c3ccccc3)c3ccccc3)CC[C@H]1C[C@@H]2[C@@H](O)c1ccnc2ccc(OC)cc12.[Br-]. The van der Waals surface area contributed by atoms with Gasteiger partial charge in [0, 0.05) is 30.3 Å². The highest BCUT2D eigenvalue weighted by Crippen LogP contribution is 2.47. The van der Waals surface area contributed by atoms with Crippen molar-refractivity contribution in [1.82, 2.24) is 10.3 Å². The summed E-state index contributed by atoms with van der Waals surface area (Å²) in [7, 11) is 1.65. The average Bonchev–Trinajstić information content (AvgIpc) is 3.14. The quantitative estimate of drug-likeness (QED) is 0.132. The van der Waals surface area contributed by atoms with E-state index in [-0.39, 0.29) is 41.4 Å². The molecule has 4 aromatic carbocycles. The van der Waals surface area contributed by atoms with Gasteiger partial charge in [-0.1, -0.05) is 97.1 Å². The zero-order valence-electron chi connectivity index (χ0n) is 27.2. The van der Waals surface area contributed by atoms with Gasteiger partial charge in [0.15, 0.2) is 6.54 Å². The molecule has 3 aliphatic rings. The van der Waals surface area contributed by atoms with Crippen LogP contribution in [0.2, 0.25) is 0 Å². The number of rotatable bonds is 10. The Labute approximate surface area is 293 Å². The smallest absolute Gasteiger partial charge is 0.276 e. The van der Waals surface area contributed by atoms with E-state index in [1.807, 2.05) is 78.9 Å². The molecule has 3 aliphatic heterocycles. The molecule has 3 fully saturated rings. The number of quaternary nitrogens is 1. The number of amides is 1. The zero-order valence-corrected chi connectivity index (χ0v) is 28.8. The minimum Gasteiger partial charge on any atom is -1.00 e. The predicted molar refractivity (Wildman–Crippen MR) is 186 cm³/mol. The van der Waals surface area contributed by atoms with Crippen LogP contribution in [0, 0.1) is 11.8 Å². The van der Waals surface area contributed by atoms with Crippen LogP contribution in [0.25, 0.3) is 10.9 Å². The monoisotopic (exact) mass is 703 g/mol. The second-order valence-electron chi connectivity index (χ2n) is 13.2. The number of carbonyl (C=O) groups excluding carboxylic acids is 1. The topological polar surface area (TPSA) is 71.5 Å². The molecule has 1 amide bonds. The standard InChI is InChI=1S/C41H41N3O3.BrH/c1-3-29-27-44(24-22-30(29)25-38(44)40(46)35-21-23-42-37-20-19-34(47-2)26-36(35)37)28-39(45)43-41(31-13-7-4-8-14-31,32-15-9-5-10-16-32)33-17-11-6-12-18-33;/h3-21,23,26,29-30,38,40,46H,1,22,24-25,27-28H2,2H3;1H/t29-,30-,38+,40-,44-;/m0./s1. The number of ether oxygens (including phenoxy) is 1. The van der Waals surface area contributed by atoms with Crippen molar-refractivity contribution in [2.24, 2.45) is 11.8 Å². The fraction of sp³-hybridized carbons (Fsp3) is 0.268. The van der Waals surface area contributed by atoms with Gasteiger partial charge < -0.3 is 36.6 Å². The molecule has 2 bridgehead atoms. The van der Waals surface area contributed by atoms with E-state index in [1.165, 1.54) is 0 Å². The highest BCUT2D eigenvalue weighted by molar-refractivity contribution is 5.84. The maximum atomic E-state index is 14.8. The summed E-state index contributed by atoms with van der Waals surface area (Å²) in [6.45, 7) is 6.03. The van der Waals surface area contributed by atoms with Crippen LogP contribution in [0.5, 0.6) is 5.75 Å². The minimum atomic E-state index is -0.906. The van der Waals surface area contributed by atoms with Crippen molar-refractivity contribution in [1.29, 1.82) is 0 Å². The molecule has 2 N–H and O–H groups in total. The van der Waals surface area contributed by atoms with Gasteiger partial charge in [-0.3, -0.25) is 9.78 Å². The third-order valence-electron chi connectivity index (χ3n) is 10.7.